The fourth-order valence-electron chi connectivity index (χ4n) is 2.31. The minimum Gasteiger partial charge on any atom is -0.360 e. The lowest BCUT2D eigenvalue weighted by Crippen LogP contribution is -2.31. The maximum Gasteiger partial charge on any atom is 0.267 e. The summed E-state index contributed by atoms with van der Waals surface area (Å²) in [7, 11) is -3.77. The number of hydrogen-bond acceptors (Lipinski definition) is 5. The van der Waals surface area contributed by atoms with Gasteiger partial charge in [-0.3, -0.25) is 9.52 Å². The van der Waals surface area contributed by atoms with Gasteiger partial charge in [0, 0.05) is 11.7 Å². The fraction of sp³-hybridized carbons (Fsp3) is 0.375. The van der Waals surface area contributed by atoms with Crippen LogP contribution in [-0.2, 0) is 21.2 Å². The quantitative estimate of drug-likeness (QED) is 0.830. The van der Waals surface area contributed by atoms with Crippen LogP contribution in [0.5, 0.6) is 0 Å². The van der Waals surface area contributed by atoms with Gasteiger partial charge in [0.1, 0.15) is 5.69 Å². The van der Waals surface area contributed by atoms with Crippen molar-refractivity contribution in [3.05, 3.63) is 41.3 Å². The molecule has 0 radical (unpaired) electrons. The molecule has 2 rings (SSSR count). The summed E-state index contributed by atoms with van der Waals surface area (Å²) in [5, 5.41) is 6.46. The summed E-state index contributed by atoms with van der Waals surface area (Å²) < 4.78 is 32.2. The molecule has 24 heavy (non-hydrogen) atoms. The van der Waals surface area contributed by atoms with E-state index in [1.165, 1.54) is 0 Å². The lowest BCUT2D eigenvalue weighted by atomic mass is 10.1. The van der Waals surface area contributed by atoms with Crippen LogP contribution < -0.4 is 10.0 Å². The van der Waals surface area contributed by atoms with Crippen molar-refractivity contribution in [1.82, 2.24) is 10.5 Å². The van der Waals surface area contributed by atoms with Crippen LogP contribution in [0.4, 0.5) is 5.69 Å². The number of carbonyl (C=O) groups is 1. The van der Waals surface area contributed by atoms with E-state index in [2.05, 4.69) is 15.2 Å². The molecule has 0 saturated heterocycles. The lowest BCUT2D eigenvalue weighted by molar-refractivity contribution is -0.120. The molecule has 0 aliphatic rings. The zero-order valence-corrected chi connectivity index (χ0v) is 14.9. The van der Waals surface area contributed by atoms with Gasteiger partial charge in [0.25, 0.3) is 10.0 Å². The maximum atomic E-state index is 12.4. The molecule has 1 heterocycles. The molecule has 0 bridgehead atoms. The van der Waals surface area contributed by atoms with Gasteiger partial charge in [-0.15, -0.1) is 0 Å². The van der Waals surface area contributed by atoms with Crippen molar-refractivity contribution in [3.8, 4) is 0 Å². The fourth-order valence-corrected chi connectivity index (χ4v) is 3.70. The van der Waals surface area contributed by atoms with Crippen LogP contribution in [0.1, 0.15) is 30.9 Å². The molecule has 2 aromatic rings. The summed E-state index contributed by atoms with van der Waals surface area (Å²) in [6.07, 6.45) is 0.245. The molecule has 1 aromatic carbocycles. The highest BCUT2D eigenvalue weighted by Crippen LogP contribution is 2.22. The first-order chi connectivity index (χ1) is 11.2. The Morgan fingerprint density at radius 3 is 2.33 bits per heavy atom. The first-order valence-electron chi connectivity index (χ1n) is 7.53. The van der Waals surface area contributed by atoms with Crippen LogP contribution in [0.2, 0.25) is 0 Å². The zero-order valence-electron chi connectivity index (χ0n) is 14.1. The molecule has 0 fully saturated rings. The smallest absolute Gasteiger partial charge is 0.267 e. The van der Waals surface area contributed by atoms with Crippen molar-refractivity contribution in [3.63, 3.8) is 0 Å². The van der Waals surface area contributed by atoms with Gasteiger partial charge in [-0.25, -0.2) is 8.42 Å². The Morgan fingerprint density at radius 1 is 1.21 bits per heavy atom. The molecule has 7 nitrogen and oxygen atoms in total. The molecule has 0 saturated carbocycles. The van der Waals surface area contributed by atoms with E-state index >= 15 is 0 Å². The Morgan fingerprint density at radius 2 is 1.83 bits per heavy atom. The average Bonchev–Trinajstić information content (AvgIpc) is 2.79. The van der Waals surface area contributed by atoms with Crippen LogP contribution >= 0.6 is 0 Å². The molecular weight excluding hydrogens is 330 g/mol. The van der Waals surface area contributed by atoms with Gasteiger partial charge >= 0.3 is 0 Å². The summed E-state index contributed by atoms with van der Waals surface area (Å²) >= 11 is 0. The van der Waals surface area contributed by atoms with Gasteiger partial charge in [-0.05, 0) is 45.4 Å². The minimum absolute atomic E-state index is 0.0443. The van der Waals surface area contributed by atoms with E-state index in [1.807, 2.05) is 13.8 Å². The van der Waals surface area contributed by atoms with Crippen LogP contribution in [0.25, 0.3) is 0 Å². The van der Waals surface area contributed by atoms with E-state index < -0.39 is 10.0 Å². The second kappa shape index (κ2) is 7.04. The Hall–Kier alpha value is -2.35. The number of nitrogens with one attached hydrogen (secondary N) is 2. The van der Waals surface area contributed by atoms with E-state index in [0.717, 1.165) is 5.56 Å². The highest BCUT2D eigenvalue weighted by Gasteiger charge is 2.24. The van der Waals surface area contributed by atoms with Gasteiger partial charge in [-0.1, -0.05) is 17.3 Å². The highest BCUT2D eigenvalue weighted by atomic mass is 32.2. The Balaban J connectivity index is 2.10. The summed E-state index contributed by atoms with van der Waals surface area (Å²) in [5.41, 5.74) is 1.51. The molecule has 8 heteroatoms. The molecule has 0 aliphatic carbocycles. The number of carbonyl (C=O) groups excluding carboxylic acids is 1. The molecule has 0 aliphatic heterocycles. The molecular formula is C16H21N3O4S. The second-order valence-electron chi connectivity index (χ2n) is 5.85. The van der Waals surface area contributed by atoms with Gasteiger partial charge in [0.05, 0.1) is 6.42 Å². The van der Waals surface area contributed by atoms with E-state index in [4.69, 9.17) is 4.52 Å². The number of amides is 1. The number of aryl methyl sites for hydroxylation is 2. The predicted molar refractivity (Wildman–Crippen MR) is 90.2 cm³/mol. The monoisotopic (exact) mass is 351 g/mol. The number of anilines is 1. The van der Waals surface area contributed by atoms with Crippen molar-refractivity contribution >= 4 is 21.6 Å². The number of aromatic nitrogens is 1. The zero-order chi connectivity index (χ0) is 17.9. The van der Waals surface area contributed by atoms with Crippen LogP contribution in [0, 0.1) is 13.8 Å². The third-order valence-electron chi connectivity index (χ3n) is 3.26. The highest BCUT2D eigenvalue weighted by molar-refractivity contribution is 7.92. The number of nitrogens with zero attached hydrogens (tertiary/aromatic N) is 1. The molecule has 1 aromatic heterocycles. The van der Waals surface area contributed by atoms with Crippen LogP contribution in [-0.4, -0.2) is 25.5 Å². The molecule has 130 valence electrons. The second-order valence-corrected chi connectivity index (χ2v) is 7.47. The van der Waals surface area contributed by atoms with Crippen molar-refractivity contribution < 1.29 is 17.7 Å². The number of rotatable bonds is 6. The predicted octanol–water partition coefficient (Wildman–Crippen LogP) is 2.16. The molecule has 0 spiro atoms. The standard InChI is InChI=1S/C16H21N3O4S/c1-10(2)17-15(20)9-13-5-7-14(8-6-13)19-24(21,22)16-11(3)18-23-12(16)4/h5-8,10,19H,9H2,1-4H3,(H,17,20). The van der Waals surface area contributed by atoms with Crippen molar-refractivity contribution in [2.45, 2.75) is 45.1 Å². The van der Waals surface area contributed by atoms with Crippen LogP contribution in [0.3, 0.4) is 0 Å². The topological polar surface area (TPSA) is 101 Å². The van der Waals surface area contributed by atoms with Gasteiger partial charge < -0.3 is 9.84 Å². The van der Waals surface area contributed by atoms with Gasteiger partial charge in [0.15, 0.2) is 10.7 Å². The Bertz CT molecular complexity index is 804. The van der Waals surface area contributed by atoms with Gasteiger partial charge in [0.2, 0.25) is 5.91 Å². The Kier molecular flexibility index (Phi) is 5.28. The van der Waals surface area contributed by atoms with Crippen molar-refractivity contribution in [1.29, 1.82) is 0 Å². The lowest BCUT2D eigenvalue weighted by Gasteiger charge is -2.10. The summed E-state index contributed by atoms with van der Waals surface area (Å²) in [4.78, 5) is 11.8. The maximum absolute atomic E-state index is 12.4. The third kappa shape index (κ3) is 4.35. The first kappa shape index (κ1) is 18.0. The average molecular weight is 351 g/mol. The Labute approximate surface area is 141 Å². The third-order valence-corrected chi connectivity index (χ3v) is 4.88. The van der Waals surface area contributed by atoms with E-state index in [9.17, 15) is 13.2 Å². The van der Waals surface area contributed by atoms with E-state index in [-0.39, 0.29) is 29.0 Å². The first-order valence-corrected chi connectivity index (χ1v) is 9.01. The molecule has 1 amide bonds. The molecule has 0 atom stereocenters. The summed E-state index contributed by atoms with van der Waals surface area (Å²) in [6, 6.07) is 6.75. The largest absolute Gasteiger partial charge is 0.360 e. The SMILES string of the molecule is Cc1noc(C)c1S(=O)(=O)Nc1ccc(CC(=O)NC(C)C)cc1. The van der Waals surface area contributed by atoms with Crippen molar-refractivity contribution in [2.75, 3.05) is 4.72 Å². The summed E-state index contributed by atoms with van der Waals surface area (Å²) in [5.74, 6) is 0.163. The molecule has 2 N–H and O–H groups in total. The van der Waals surface area contributed by atoms with E-state index in [0.29, 0.717) is 11.4 Å². The minimum atomic E-state index is -3.77. The number of benzene rings is 1. The van der Waals surface area contributed by atoms with Crippen LogP contribution in [0.15, 0.2) is 33.7 Å². The normalized spacial score (nSPS) is 11.5. The van der Waals surface area contributed by atoms with E-state index in [1.54, 1.807) is 38.1 Å². The molecule has 0 unspecified atom stereocenters. The number of hydrogen-bond donors (Lipinski definition) is 2. The summed E-state index contributed by atoms with van der Waals surface area (Å²) in [6.45, 7) is 6.90. The van der Waals surface area contributed by atoms with Gasteiger partial charge in [-0.2, -0.15) is 0 Å². The van der Waals surface area contributed by atoms with Crippen molar-refractivity contribution in [2.24, 2.45) is 0 Å². The number of sulfonamides is 1.